The molecule has 3 heterocycles. The molecule has 0 aromatic heterocycles. The average Bonchev–Trinajstić information content (AvgIpc) is 3.71. The smallest absolute Gasteiger partial charge is 0.333 e. The van der Waals surface area contributed by atoms with Gasteiger partial charge in [-0.3, -0.25) is 9.59 Å². The van der Waals surface area contributed by atoms with E-state index in [2.05, 4.69) is 0 Å². The zero-order valence-corrected chi connectivity index (χ0v) is 37.7. The summed E-state index contributed by atoms with van der Waals surface area (Å²) in [6.07, 6.45) is 5.38. The summed E-state index contributed by atoms with van der Waals surface area (Å²) in [5.74, 6) is -2.56. The zero-order chi connectivity index (χ0) is 45.8. The van der Waals surface area contributed by atoms with Crippen molar-refractivity contribution >= 4 is 65.2 Å². The van der Waals surface area contributed by atoms with Crippen LogP contribution in [0.5, 0.6) is 0 Å². The highest BCUT2D eigenvalue weighted by atomic mass is 32.2. The van der Waals surface area contributed by atoms with Gasteiger partial charge in [-0.15, -0.1) is 5.06 Å². The van der Waals surface area contributed by atoms with Gasteiger partial charge in [0.05, 0.1) is 25.3 Å². The Labute approximate surface area is 362 Å². The van der Waals surface area contributed by atoms with Gasteiger partial charge in [-0.05, 0) is 100 Å². The van der Waals surface area contributed by atoms with Crippen LogP contribution >= 0.6 is 0 Å². The number of hydrogen-bond donors (Lipinski definition) is 0. The van der Waals surface area contributed by atoms with E-state index < -0.39 is 74.5 Å². The molecule has 0 radical (unpaired) electrons. The lowest BCUT2D eigenvalue weighted by atomic mass is 9.75. The van der Waals surface area contributed by atoms with E-state index in [1.165, 1.54) is 44.6 Å². The van der Waals surface area contributed by atoms with Crippen molar-refractivity contribution in [2.75, 3.05) is 51.2 Å². The Hall–Kier alpha value is -4.35. The van der Waals surface area contributed by atoms with Gasteiger partial charge in [0, 0.05) is 86.9 Å². The first-order valence-corrected chi connectivity index (χ1v) is 24.4. The molecule has 3 aliphatic rings. The summed E-state index contributed by atoms with van der Waals surface area (Å²) in [7, 11) is -11.3. The maximum Gasteiger partial charge on any atom is 0.333 e. The summed E-state index contributed by atoms with van der Waals surface area (Å²) in [5.41, 5.74) is 2.12. The first-order valence-electron chi connectivity index (χ1n) is 20.0. The highest BCUT2D eigenvalue weighted by molar-refractivity contribution is 7.86. The van der Waals surface area contributed by atoms with Crippen LogP contribution in [0.3, 0.4) is 0 Å². The number of imide groups is 1. The third-order valence-electron chi connectivity index (χ3n) is 11.6. The molecule has 2 aromatic carbocycles. The number of hydrogen-bond acceptors (Lipinski definition) is 16. The highest BCUT2D eigenvalue weighted by Gasteiger charge is 2.48. The van der Waals surface area contributed by atoms with Gasteiger partial charge in [-0.1, -0.05) is 6.42 Å². The molecule has 0 N–H and O–H groups in total. The fourth-order valence-corrected chi connectivity index (χ4v) is 9.89. The molecule has 2 amide bonds. The number of nitrogens with zero attached hydrogens (tertiary/aromatic N) is 3. The molecule has 0 aliphatic carbocycles. The predicted molar refractivity (Wildman–Crippen MR) is 220 cm³/mol. The van der Waals surface area contributed by atoms with Crippen molar-refractivity contribution in [1.29, 1.82) is 0 Å². The van der Waals surface area contributed by atoms with Crippen LogP contribution in [0.15, 0.2) is 69.6 Å². The zero-order valence-electron chi connectivity index (χ0n) is 35.2. The molecule has 2 aromatic rings. The monoisotopic (exact) mass is 921 g/mol. The number of unbranched alkanes of at least 4 members (excludes halogenated alkanes) is 2. The molecule has 1 fully saturated rings. The minimum atomic E-state index is -4.89. The summed E-state index contributed by atoms with van der Waals surface area (Å²) in [6, 6.07) is 8.18. The highest BCUT2D eigenvalue weighted by Crippen LogP contribution is 2.51. The van der Waals surface area contributed by atoms with Crippen molar-refractivity contribution in [2.45, 2.75) is 99.2 Å². The van der Waals surface area contributed by atoms with E-state index in [0.717, 1.165) is 0 Å². The number of carbonyl (C=O) groups excluding carboxylic acids is 3. The van der Waals surface area contributed by atoms with E-state index in [4.69, 9.17) is 14.3 Å². The standard InChI is InChI=1S/C41H53N3O15S3/c1-28(24-35-40(2,17-9-23-60(48,49)50)31-26-29(61(51,52)53)12-14-34(31)43(35)20-22-58-5)25-36-41(3,18-21-57-4)32-27-30(62(54,55)56)11-13-33(32)42(36)19-8-6-7-10-39(47)59-44-37(45)15-16-38(44)46/h11-14,24-27H,6-10,15-23H2,1-5H3,(H2-,48,49,50,51,52,53,54,55,56)/p-2. The molecule has 0 saturated carbocycles. The topological polar surface area (TPSA) is 260 Å². The van der Waals surface area contributed by atoms with Gasteiger partial charge in [-0.25, -0.2) is 30.0 Å². The lowest BCUT2D eigenvalue weighted by molar-refractivity contribution is -0.441. The minimum absolute atomic E-state index is 0.0252. The fraction of sp³-hybridized carbons (Fsp3) is 0.512. The Morgan fingerprint density at radius 1 is 0.806 bits per heavy atom. The normalized spacial score (nSPS) is 21.4. The van der Waals surface area contributed by atoms with Gasteiger partial charge in [0.1, 0.15) is 26.8 Å². The molecule has 62 heavy (non-hydrogen) atoms. The number of rotatable bonds is 21. The number of hydroxylamine groups is 2. The molecule has 0 bridgehead atoms. The Morgan fingerprint density at radius 3 is 2.02 bits per heavy atom. The van der Waals surface area contributed by atoms with Crippen molar-refractivity contribution in [3.8, 4) is 0 Å². The minimum Gasteiger partial charge on any atom is -0.748 e. The number of anilines is 1. The van der Waals surface area contributed by atoms with Crippen molar-refractivity contribution in [3.63, 3.8) is 0 Å². The second-order valence-corrected chi connectivity index (χ2v) is 20.3. The van der Waals surface area contributed by atoms with Crippen molar-refractivity contribution in [3.05, 3.63) is 70.9 Å². The third-order valence-corrected chi connectivity index (χ3v) is 14.0. The lowest BCUT2D eigenvalue weighted by Crippen LogP contribution is -2.33. The number of benzene rings is 2. The van der Waals surface area contributed by atoms with Gasteiger partial charge in [0.15, 0.2) is 12.3 Å². The van der Waals surface area contributed by atoms with E-state index in [-0.39, 0.29) is 51.9 Å². The Bertz CT molecular complexity index is 2520. The van der Waals surface area contributed by atoms with Crippen LogP contribution in [0.25, 0.3) is 0 Å². The van der Waals surface area contributed by atoms with E-state index in [9.17, 15) is 53.3 Å². The van der Waals surface area contributed by atoms with Crippen LogP contribution in [0.1, 0.15) is 89.7 Å². The van der Waals surface area contributed by atoms with Crippen molar-refractivity contribution < 1.29 is 72.2 Å². The average molecular weight is 922 g/mol. The Kier molecular flexibility index (Phi) is 15.1. The van der Waals surface area contributed by atoms with Crippen LogP contribution < -0.4 is 4.90 Å². The van der Waals surface area contributed by atoms with Crippen LogP contribution in [0.2, 0.25) is 0 Å². The quantitative estimate of drug-likeness (QED) is 0.0749. The van der Waals surface area contributed by atoms with Gasteiger partial charge in [0.2, 0.25) is 5.69 Å². The SMILES string of the molecule is COCC[N+]1=C(/C=C(C)/C=C2/N(CCCCCC(=O)ON3C(=O)CCC3=O)c3ccc(S(=O)(=O)[O-])cc3C2(C)CCOC)C(C)(CCCS(=O)(=O)[O-])c2cc(S(=O)(=O)[O-])ccc21. The van der Waals surface area contributed by atoms with Gasteiger partial charge >= 0.3 is 5.97 Å². The van der Waals surface area contributed by atoms with Crippen LogP contribution in [0, 0.1) is 0 Å². The summed E-state index contributed by atoms with van der Waals surface area (Å²) in [5, 5.41) is 0.501. The molecule has 2 unspecified atom stereocenters. The third kappa shape index (κ3) is 10.9. The van der Waals surface area contributed by atoms with E-state index in [0.29, 0.717) is 76.8 Å². The van der Waals surface area contributed by atoms with Gasteiger partial charge < -0.3 is 32.9 Å². The lowest BCUT2D eigenvalue weighted by Gasteiger charge is -2.31. The second-order valence-electron chi connectivity index (χ2n) is 16.0. The van der Waals surface area contributed by atoms with E-state index >= 15 is 0 Å². The molecule has 1 saturated heterocycles. The first kappa shape index (κ1) is 48.7. The summed E-state index contributed by atoms with van der Waals surface area (Å²) in [6.45, 7) is 6.61. The molecule has 3 aliphatic heterocycles. The maximum absolute atomic E-state index is 12.5. The molecule has 21 heteroatoms. The molecule has 0 spiro atoms. The second kappa shape index (κ2) is 19.2. The molecule has 5 rings (SSSR count). The number of allylic oxidation sites excluding steroid dienone is 4. The van der Waals surface area contributed by atoms with Crippen molar-refractivity contribution in [2.24, 2.45) is 0 Å². The Balaban J connectivity index is 1.58. The number of ether oxygens (including phenoxy) is 2. The van der Waals surface area contributed by atoms with Crippen molar-refractivity contribution in [1.82, 2.24) is 5.06 Å². The molecule has 340 valence electrons. The number of amides is 2. The number of carbonyl (C=O) groups is 3. The van der Waals surface area contributed by atoms with E-state index in [1.54, 1.807) is 13.0 Å². The fourth-order valence-electron chi connectivity index (χ4n) is 8.39. The van der Waals surface area contributed by atoms with E-state index in [1.807, 2.05) is 35.5 Å². The molecular weight excluding hydrogens is 871 g/mol. The molecular formula is C41H51N3O15S3-2. The number of fused-ring (bicyclic) bond motifs is 2. The molecule has 2 atom stereocenters. The van der Waals surface area contributed by atoms with Crippen LogP contribution in [0.4, 0.5) is 11.4 Å². The number of methoxy groups -OCH3 is 2. The van der Waals surface area contributed by atoms with Crippen LogP contribution in [-0.4, -0.2) is 118 Å². The molecule has 18 nitrogen and oxygen atoms in total. The first-order chi connectivity index (χ1) is 28.9. The van der Waals surface area contributed by atoms with Crippen LogP contribution in [-0.2, 0) is 69.9 Å². The predicted octanol–water partition coefficient (Wildman–Crippen LogP) is 3.64. The summed E-state index contributed by atoms with van der Waals surface area (Å²) >= 11 is 0. The summed E-state index contributed by atoms with van der Waals surface area (Å²) < 4.78 is 121. The Morgan fingerprint density at radius 2 is 1.42 bits per heavy atom. The van der Waals surface area contributed by atoms with Gasteiger partial charge in [-0.2, -0.15) is 4.58 Å². The van der Waals surface area contributed by atoms with Gasteiger partial charge in [0.25, 0.3) is 11.8 Å². The largest absolute Gasteiger partial charge is 0.748 e. The summed E-state index contributed by atoms with van der Waals surface area (Å²) in [4.78, 5) is 42.4. The maximum atomic E-state index is 12.5.